The van der Waals surface area contributed by atoms with Crippen LogP contribution in [0.2, 0.25) is 0 Å². The Balaban J connectivity index is 0.00000280. The first-order chi connectivity index (χ1) is 13.2. The van der Waals surface area contributed by atoms with Gasteiger partial charge in [0.15, 0.2) is 11.8 Å². The zero-order chi connectivity index (χ0) is 19.1. The van der Waals surface area contributed by atoms with E-state index in [9.17, 15) is 0 Å². The molecule has 0 aliphatic heterocycles. The van der Waals surface area contributed by atoms with Crippen LogP contribution in [-0.4, -0.2) is 37.0 Å². The van der Waals surface area contributed by atoms with Crippen molar-refractivity contribution >= 4 is 29.9 Å². The van der Waals surface area contributed by atoms with E-state index in [0.29, 0.717) is 19.1 Å². The lowest BCUT2D eigenvalue weighted by atomic mass is 10.3. The van der Waals surface area contributed by atoms with Crippen molar-refractivity contribution in [3.63, 3.8) is 0 Å². The molecule has 0 bridgehead atoms. The zero-order valence-electron chi connectivity index (χ0n) is 17.2. The van der Waals surface area contributed by atoms with Crippen molar-refractivity contribution in [2.24, 2.45) is 12.0 Å². The maximum atomic E-state index is 4.72. The molecule has 0 unspecified atom stereocenters. The molecule has 0 amide bonds. The third-order valence-electron chi connectivity index (χ3n) is 5.18. The number of rotatable bonds is 8. The fourth-order valence-electron chi connectivity index (χ4n) is 3.32. The predicted molar refractivity (Wildman–Crippen MR) is 122 cm³/mol. The van der Waals surface area contributed by atoms with Gasteiger partial charge in [0.25, 0.3) is 0 Å². The molecule has 2 heterocycles. The number of guanidine groups is 1. The normalized spacial score (nSPS) is 14.9. The fraction of sp³-hybridized carbons (Fsp3) is 0.684. The molecule has 2 N–H and O–H groups in total. The highest BCUT2D eigenvalue weighted by molar-refractivity contribution is 14.0. The van der Waals surface area contributed by atoms with Crippen LogP contribution < -0.4 is 10.6 Å². The van der Waals surface area contributed by atoms with Crippen LogP contribution in [0.15, 0.2) is 17.3 Å². The minimum absolute atomic E-state index is 0. The van der Waals surface area contributed by atoms with Gasteiger partial charge >= 0.3 is 0 Å². The van der Waals surface area contributed by atoms with E-state index in [4.69, 9.17) is 10.1 Å². The largest absolute Gasteiger partial charge is 0.356 e. The number of aliphatic imine (C=N–C) groups is 1. The summed E-state index contributed by atoms with van der Waals surface area (Å²) < 4.78 is 4.11. The molecule has 1 aliphatic carbocycles. The van der Waals surface area contributed by atoms with Crippen LogP contribution >= 0.6 is 24.0 Å². The van der Waals surface area contributed by atoms with Gasteiger partial charge in [0, 0.05) is 19.8 Å². The first-order valence-corrected chi connectivity index (χ1v) is 10.1. The lowest BCUT2D eigenvalue weighted by Crippen LogP contribution is -2.38. The molecule has 0 atom stereocenters. The predicted octanol–water partition coefficient (Wildman–Crippen LogP) is 3.09. The maximum Gasteiger partial charge on any atom is 0.192 e. The van der Waals surface area contributed by atoms with Gasteiger partial charge in [0.1, 0.15) is 5.82 Å². The van der Waals surface area contributed by atoms with Crippen molar-refractivity contribution in [1.82, 2.24) is 35.2 Å². The summed E-state index contributed by atoms with van der Waals surface area (Å²) in [7, 11) is 1.98. The first kappa shape index (κ1) is 22.6. The molecule has 0 aromatic carbocycles. The molecular formula is C19H33IN8. The average Bonchev–Trinajstić information content (AvgIpc) is 3.41. The zero-order valence-corrected chi connectivity index (χ0v) is 19.5. The Morgan fingerprint density at radius 2 is 2.04 bits per heavy atom. The first-order valence-electron chi connectivity index (χ1n) is 10.1. The molecule has 0 spiro atoms. The minimum Gasteiger partial charge on any atom is -0.356 e. The van der Waals surface area contributed by atoms with Crippen LogP contribution in [0.5, 0.6) is 0 Å². The Bertz CT molecular complexity index is 745. The molecule has 1 aliphatic rings. The highest BCUT2D eigenvalue weighted by Gasteiger charge is 2.17. The van der Waals surface area contributed by atoms with Crippen molar-refractivity contribution < 1.29 is 0 Å². The lowest BCUT2D eigenvalue weighted by molar-refractivity contribution is 0.463. The number of halogens is 1. The molecule has 0 radical (unpaired) electrons. The summed E-state index contributed by atoms with van der Waals surface area (Å²) in [6.07, 6.45) is 9.47. The molecule has 1 fully saturated rings. The maximum absolute atomic E-state index is 4.72. The molecule has 3 rings (SSSR count). The summed E-state index contributed by atoms with van der Waals surface area (Å²) in [5, 5.41) is 19.8. The summed E-state index contributed by atoms with van der Waals surface area (Å²) in [6, 6.07) is 2.65. The van der Waals surface area contributed by atoms with Crippen molar-refractivity contribution in [3.05, 3.63) is 29.6 Å². The monoisotopic (exact) mass is 500 g/mol. The molecule has 8 nitrogen and oxygen atoms in total. The lowest BCUT2D eigenvalue weighted by Gasteiger charge is -2.12. The molecule has 156 valence electrons. The number of hydrogen-bond donors (Lipinski definition) is 2. The van der Waals surface area contributed by atoms with Gasteiger partial charge in [-0.15, -0.1) is 34.2 Å². The standard InChI is InChI=1S/C19H32N8.HI/c1-4-5-11-20-19(22-14-18-24-23-15(2)26(18)3)21-13-16-10-12-27(25-16)17-8-6-7-9-17;/h10,12,17H,4-9,11,13-14H2,1-3H3,(H2,20,21,22);1H. The summed E-state index contributed by atoms with van der Waals surface area (Å²) in [5.41, 5.74) is 1.01. The molecule has 2 aromatic heterocycles. The molecule has 9 heteroatoms. The third kappa shape index (κ3) is 6.18. The highest BCUT2D eigenvalue weighted by Crippen LogP contribution is 2.28. The second-order valence-corrected chi connectivity index (χ2v) is 7.25. The number of aromatic nitrogens is 5. The van der Waals surface area contributed by atoms with Gasteiger partial charge in [-0.2, -0.15) is 5.10 Å². The Kier molecular flexibility index (Phi) is 9.20. The van der Waals surface area contributed by atoms with Gasteiger partial charge in [0.2, 0.25) is 0 Å². The van der Waals surface area contributed by atoms with Crippen LogP contribution in [0, 0.1) is 6.92 Å². The quantitative estimate of drug-likeness (QED) is 0.252. The summed E-state index contributed by atoms with van der Waals surface area (Å²) >= 11 is 0. The van der Waals surface area contributed by atoms with E-state index in [1.54, 1.807) is 0 Å². The van der Waals surface area contributed by atoms with Crippen LogP contribution in [0.3, 0.4) is 0 Å². The molecule has 28 heavy (non-hydrogen) atoms. The van der Waals surface area contributed by atoms with Crippen LogP contribution in [0.4, 0.5) is 0 Å². The van der Waals surface area contributed by atoms with Crippen molar-refractivity contribution in [3.8, 4) is 0 Å². The molecule has 0 saturated heterocycles. The van der Waals surface area contributed by atoms with Crippen LogP contribution in [-0.2, 0) is 20.1 Å². The van der Waals surface area contributed by atoms with Crippen molar-refractivity contribution in [2.45, 2.75) is 71.5 Å². The smallest absolute Gasteiger partial charge is 0.192 e. The molecular weight excluding hydrogens is 467 g/mol. The second kappa shape index (κ2) is 11.4. The van der Waals surface area contributed by atoms with Gasteiger partial charge in [-0.3, -0.25) is 4.68 Å². The van der Waals surface area contributed by atoms with Crippen molar-refractivity contribution in [2.75, 3.05) is 6.54 Å². The van der Waals surface area contributed by atoms with E-state index in [0.717, 1.165) is 42.7 Å². The van der Waals surface area contributed by atoms with E-state index in [2.05, 4.69) is 44.7 Å². The third-order valence-corrected chi connectivity index (χ3v) is 5.18. The van der Waals surface area contributed by atoms with Crippen LogP contribution in [0.1, 0.15) is 68.8 Å². The minimum atomic E-state index is 0. The Hall–Kier alpha value is -1.65. The summed E-state index contributed by atoms with van der Waals surface area (Å²) in [6.45, 7) is 6.19. The Morgan fingerprint density at radius 3 is 2.71 bits per heavy atom. The van der Waals surface area contributed by atoms with E-state index < -0.39 is 0 Å². The Morgan fingerprint density at radius 1 is 1.25 bits per heavy atom. The number of aryl methyl sites for hydroxylation is 1. The number of unbranched alkanes of at least 4 members (excludes halogenated alkanes) is 1. The molecule has 2 aromatic rings. The van der Waals surface area contributed by atoms with Gasteiger partial charge in [-0.1, -0.05) is 26.2 Å². The Labute approximate surface area is 184 Å². The van der Waals surface area contributed by atoms with E-state index >= 15 is 0 Å². The summed E-state index contributed by atoms with van der Waals surface area (Å²) in [4.78, 5) is 4.72. The van der Waals surface area contributed by atoms with Gasteiger partial charge < -0.3 is 15.2 Å². The number of nitrogens with zero attached hydrogens (tertiary/aromatic N) is 6. The topological polar surface area (TPSA) is 84.9 Å². The van der Waals surface area contributed by atoms with Crippen LogP contribution in [0.25, 0.3) is 0 Å². The second-order valence-electron chi connectivity index (χ2n) is 7.25. The average molecular weight is 500 g/mol. The van der Waals surface area contributed by atoms with E-state index in [1.807, 2.05) is 18.5 Å². The van der Waals surface area contributed by atoms with Gasteiger partial charge in [0.05, 0.1) is 24.8 Å². The van der Waals surface area contributed by atoms with E-state index in [-0.39, 0.29) is 24.0 Å². The van der Waals surface area contributed by atoms with E-state index in [1.165, 1.54) is 25.7 Å². The molecule has 1 saturated carbocycles. The number of hydrogen-bond acceptors (Lipinski definition) is 4. The van der Waals surface area contributed by atoms with Gasteiger partial charge in [-0.25, -0.2) is 4.99 Å². The van der Waals surface area contributed by atoms with Crippen molar-refractivity contribution in [1.29, 1.82) is 0 Å². The SMILES string of the molecule is CCCCNC(=NCc1ccn(C2CCCC2)n1)NCc1nnc(C)n1C.I. The summed E-state index contributed by atoms with van der Waals surface area (Å²) in [5.74, 6) is 2.59. The van der Waals surface area contributed by atoms with Gasteiger partial charge in [-0.05, 0) is 32.3 Å². The number of nitrogens with one attached hydrogen (secondary N) is 2. The fourth-order valence-corrected chi connectivity index (χ4v) is 3.32. The highest BCUT2D eigenvalue weighted by atomic mass is 127.